The van der Waals surface area contributed by atoms with E-state index in [-0.39, 0.29) is 24.3 Å². The lowest BCUT2D eigenvalue weighted by Crippen LogP contribution is -2.35. The van der Waals surface area contributed by atoms with Crippen LogP contribution in [0.1, 0.15) is 38.0 Å². The Morgan fingerprint density at radius 2 is 1.89 bits per heavy atom. The normalized spacial score (nSPS) is 14.8. The highest BCUT2D eigenvalue weighted by Crippen LogP contribution is 2.37. The van der Waals surface area contributed by atoms with Crippen molar-refractivity contribution in [1.82, 2.24) is 39.6 Å². The third kappa shape index (κ3) is 5.43. The Kier molecular flexibility index (Phi) is 6.65. The quantitative estimate of drug-likeness (QED) is 0.291. The zero-order valence-electron chi connectivity index (χ0n) is 20.2. The van der Waals surface area contributed by atoms with E-state index in [0.29, 0.717) is 51.8 Å². The van der Waals surface area contributed by atoms with Gasteiger partial charge >= 0.3 is 6.18 Å². The fraction of sp³-hybridized carbons (Fsp3) is 0.435. The predicted molar refractivity (Wildman–Crippen MR) is 133 cm³/mol. The van der Waals surface area contributed by atoms with Crippen LogP contribution in [0.5, 0.6) is 11.6 Å². The minimum Gasteiger partial charge on any atom is -0.437 e. The van der Waals surface area contributed by atoms with Gasteiger partial charge in [-0.3, -0.25) is 4.90 Å². The van der Waals surface area contributed by atoms with E-state index in [4.69, 9.17) is 16.3 Å². The van der Waals surface area contributed by atoms with Crippen LogP contribution in [0.2, 0.25) is 5.02 Å². The molecule has 196 valence electrons. The lowest BCUT2D eigenvalue weighted by molar-refractivity contribution is -0.148. The molecule has 0 amide bonds. The molecule has 0 aliphatic carbocycles. The van der Waals surface area contributed by atoms with Crippen LogP contribution in [-0.2, 0) is 32.4 Å². The lowest BCUT2D eigenvalue weighted by Gasteiger charge is -2.28. The summed E-state index contributed by atoms with van der Waals surface area (Å²) in [5, 5.41) is 16.1. The van der Waals surface area contributed by atoms with Gasteiger partial charge in [-0.25, -0.2) is 9.67 Å². The van der Waals surface area contributed by atoms with Crippen LogP contribution in [0, 0.1) is 5.41 Å². The number of aromatic nitrogens is 7. The second-order valence-electron chi connectivity index (χ2n) is 10.1. The van der Waals surface area contributed by atoms with Crippen LogP contribution in [0.25, 0.3) is 11.0 Å². The van der Waals surface area contributed by atoms with E-state index < -0.39 is 12.0 Å². The highest BCUT2D eigenvalue weighted by Gasteiger charge is 2.39. The number of hydrogen-bond donors (Lipinski definition) is 0. The summed E-state index contributed by atoms with van der Waals surface area (Å²) in [6.45, 7) is 8.11. The maximum atomic E-state index is 13.2. The van der Waals surface area contributed by atoms with E-state index in [1.165, 1.54) is 6.20 Å². The van der Waals surface area contributed by atoms with Crippen molar-refractivity contribution in [2.75, 3.05) is 6.54 Å². The monoisotopic (exact) mass is 598 g/mol. The minimum atomic E-state index is -4.54. The maximum absolute atomic E-state index is 13.2. The summed E-state index contributed by atoms with van der Waals surface area (Å²) in [4.78, 5) is 6.31. The van der Waals surface area contributed by atoms with E-state index in [0.717, 1.165) is 10.1 Å². The van der Waals surface area contributed by atoms with Gasteiger partial charge < -0.3 is 9.30 Å². The average Bonchev–Trinajstić information content (AvgIpc) is 3.40. The van der Waals surface area contributed by atoms with Gasteiger partial charge in [-0.2, -0.15) is 13.2 Å². The van der Waals surface area contributed by atoms with Crippen molar-refractivity contribution in [3.63, 3.8) is 0 Å². The molecular formula is C23H23BrClF3N8O. The van der Waals surface area contributed by atoms with Crippen LogP contribution in [0.4, 0.5) is 13.2 Å². The minimum absolute atomic E-state index is 0.0282. The first kappa shape index (κ1) is 25.9. The van der Waals surface area contributed by atoms with E-state index >= 15 is 0 Å². The molecule has 0 atom stereocenters. The molecule has 0 saturated carbocycles. The van der Waals surface area contributed by atoms with Gasteiger partial charge in [0.15, 0.2) is 0 Å². The largest absolute Gasteiger partial charge is 0.451 e. The fourth-order valence-electron chi connectivity index (χ4n) is 4.20. The van der Waals surface area contributed by atoms with Crippen molar-refractivity contribution in [2.45, 2.75) is 53.1 Å². The molecule has 5 rings (SSSR count). The molecule has 37 heavy (non-hydrogen) atoms. The van der Waals surface area contributed by atoms with Crippen LogP contribution >= 0.6 is 27.5 Å². The SMILES string of the molecule is CC(C)(C)Cn1nnc2c(Br)c(Oc3ncc(Cl)cc3CN3CCn4c(nnc4C(F)(F)F)C3)ccc21. The van der Waals surface area contributed by atoms with Crippen LogP contribution in [-0.4, -0.2) is 46.2 Å². The van der Waals surface area contributed by atoms with Crippen LogP contribution in [0.15, 0.2) is 28.9 Å². The van der Waals surface area contributed by atoms with Gasteiger partial charge in [0.05, 0.1) is 21.6 Å². The summed E-state index contributed by atoms with van der Waals surface area (Å²) in [5.41, 5.74) is 2.24. The zero-order valence-corrected chi connectivity index (χ0v) is 22.6. The van der Waals surface area contributed by atoms with Gasteiger partial charge in [-0.05, 0) is 39.5 Å². The third-order valence-electron chi connectivity index (χ3n) is 5.79. The molecule has 0 bridgehead atoms. The fourth-order valence-corrected chi connectivity index (χ4v) is 4.88. The van der Waals surface area contributed by atoms with E-state index in [1.54, 1.807) is 6.07 Å². The van der Waals surface area contributed by atoms with E-state index in [2.05, 4.69) is 62.2 Å². The molecule has 1 aliphatic heterocycles. The van der Waals surface area contributed by atoms with Crippen molar-refractivity contribution in [3.05, 3.63) is 51.1 Å². The Labute approximate surface area is 223 Å². The number of nitrogens with zero attached hydrogens (tertiary/aromatic N) is 8. The van der Waals surface area contributed by atoms with Crippen LogP contribution < -0.4 is 4.74 Å². The molecule has 1 aromatic carbocycles. The molecule has 0 unspecified atom stereocenters. The highest BCUT2D eigenvalue weighted by molar-refractivity contribution is 9.10. The van der Waals surface area contributed by atoms with Crippen molar-refractivity contribution in [2.24, 2.45) is 5.41 Å². The number of rotatable bonds is 5. The number of fused-ring (bicyclic) bond motifs is 2. The summed E-state index contributed by atoms with van der Waals surface area (Å²) in [6, 6.07) is 5.44. The number of halogens is 5. The summed E-state index contributed by atoms with van der Waals surface area (Å²) in [5.74, 6) is 0.104. The third-order valence-corrected chi connectivity index (χ3v) is 6.77. The second-order valence-corrected chi connectivity index (χ2v) is 11.3. The lowest BCUT2D eigenvalue weighted by atomic mass is 9.97. The molecule has 4 heterocycles. The number of hydrogen-bond acceptors (Lipinski definition) is 7. The van der Waals surface area contributed by atoms with Crippen molar-refractivity contribution < 1.29 is 17.9 Å². The molecule has 0 radical (unpaired) electrons. The van der Waals surface area contributed by atoms with E-state index in [1.807, 2.05) is 21.7 Å². The molecule has 9 nitrogen and oxygen atoms in total. The Bertz CT molecular complexity index is 1460. The van der Waals surface area contributed by atoms with Gasteiger partial charge in [0.2, 0.25) is 11.7 Å². The smallest absolute Gasteiger partial charge is 0.437 e. The Balaban J connectivity index is 1.38. The number of pyridine rings is 1. The first-order chi connectivity index (χ1) is 17.4. The molecule has 3 aromatic heterocycles. The molecule has 14 heteroatoms. The van der Waals surface area contributed by atoms with Crippen molar-refractivity contribution >= 4 is 38.6 Å². The predicted octanol–water partition coefficient (Wildman–Crippen LogP) is 5.71. The standard InChI is InChI=1S/C23H23BrClF3N8O/c1-22(2,3)12-36-15-4-5-16(18(24)19(15)31-33-36)37-20-13(8-14(25)9-29-20)10-34-6-7-35-17(11-34)30-32-21(35)23(26,27)28/h4-5,8-9H,6-7,10-12H2,1-3H3. The topological polar surface area (TPSA) is 86.8 Å². The first-order valence-electron chi connectivity index (χ1n) is 11.4. The molecular weight excluding hydrogens is 577 g/mol. The molecule has 0 saturated heterocycles. The van der Waals surface area contributed by atoms with Crippen LogP contribution in [0.3, 0.4) is 0 Å². The van der Waals surface area contributed by atoms with E-state index in [9.17, 15) is 13.2 Å². The molecule has 0 N–H and O–H groups in total. The summed E-state index contributed by atoms with van der Waals surface area (Å²) in [6.07, 6.45) is -3.06. The van der Waals surface area contributed by atoms with Crippen molar-refractivity contribution in [1.29, 1.82) is 0 Å². The van der Waals surface area contributed by atoms with Gasteiger partial charge in [-0.1, -0.05) is 37.6 Å². The van der Waals surface area contributed by atoms with Gasteiger partial charge in [0.25, 0.3) is 0 Å². The number of ether oxygens (including phenoxy) is 1. The first-order valence-corrected chi connectivity index (χ1v) is 12.6. The Morgan fingerprint density at radius 3 is 2.62 bits per heavy atom. The maximum Gasteiger partial charge on any atom is 0.451 e. The van der Waals surface area contributed by atoms with Gasteiger partial charge in [-0.15, -0.1) is 15.3 Å². The molecule has 0 fully saturated rings. The highest BCUT2D eigenvalue weighted by atomic mass is 79.9. The second kappa shape index (κ2) is 9.52. The average molecular weight is 600 g/mol. The number of benzene rings is 1. The van der Waals surface area contributed by atoms with Gasteiger partial charge in [0.1, 0.15) is 17.1 Å². The summed E-state index contributed by atoms with van der Waals surface area (Å²) < 4.78 is 49.3. The Morgan fingerprint density at radius 1 is 1.11 bits per heavy atom. The zero-order chi connectivity index (χ0) is 26.5. The Hall–Kier alpha value is -2.77. The van der Waals surface area contributed by atoms with Gasteiger partial charge in [0, 0.05) is 37.9 Å². The molecule has 0 spiro atoms. The molecule has 4 aromatic rings. The summed E-state index contributed by atoms with van der Waals surface area (Å²) in [7, 11) is 0. The number of alkyl halides is 3. The van der Waals surface area contributed by atoms with Crippen molar-refractivity contribution in [3.8, 4) is 11.6 Å². The summed E-state index contributed by atoms with van der Waals surface area (Å²) >= 11 is 9.81. The molecule has 1 aliphatic rings.